The lowest BCUT2D eigenvalue weighted by molar-refractivity contribution is -0.136. The van der Waals surface area contributed by atoms with E-state index in [1.54, 1.807) is 24.4 Å². The van der Waals surface area contributed by atoms with E-state index in [4.69, 9.17) is 4.74 Å². The average molecular weight is 356 g/mol. The fraction of sp³-hybridized carbons (Fsp3) is 0.167. The summed E-state index contributed by atoms with van der Waals surface area (Å²) in [4.78, 5) is 30.7. The molecule has 2 aromatic heterocycles. The molecule has 2 amide bonds. The zero-order valence-corrected chi connectivity index (χ0v) is 14.0. The summed E-state index contributed by atoms with van der Waals surface area (Å²) < 4.78 is 18.3. The number of rotatable bonds is 5. The van der Waals surface area contributed by atoms with Crippen molar-refractivity contribution in [3.63, 3.8) is 0 Å². The van der Waals surface area contributed by atoms with Crippen LogP contribution in [0.2, 0.25) is 0 Å². The Morgan fingerprint density at radius 3 is 2.81 bits per heavy atom. The third kappa shape index (κ3) is 3.97. The van der Waals surface area contributed by atoms with Gasteiger partial charge in [0.2, 0.25) is 5.88 Å². The van der Waals surface area contributed by atoms with Crippen molar-refractivity contribution in [3.05, 3.63) is 54.1 Å². The van der Waals surface area contributed by atoms with Crippen LogP contribution in [-0.2, 0) is 16.0 Å². The van der Waals surface area contributed by atoms with Crippen molar-refractivity contribution >= 4 is 28.4 Å². The predicted octanol–water partition coefficient (Wildman–Crippen LogP) is 2.01. The van der Waals surface area contributed by atoms with Gasteiger partial charge < -0.3 is 20.4 Å². The number of hydrogen-bond acceptors (Lipinski definition) is 4. The number of aromatic amines is 1. The molecule has 8 heteroatoms. The highest BCUT2D eigenvalue weighted by Gasteiger charge is 2.14. The zero-order chi connectivity index (χ0) is 18.5. The van der Waals surface area contributed by atoms with Gasteiger partial charge in [-0.3, -0.25) is 9.59 Å². The fourth-order valence-corrected chi connectivity index (χ4v) is 2.51. The van der Waals surface area contributed by atoms with Crippen LogP contribution in [0.15, 0.2) is 42.7 Å². The van der Waals surface area contributed by atoms with E-state index in [1.165, 1.54) is 25.4 Å². The Hall–Kier alpha value is -3.42. The summed E-state index contributed by atoms with van der Waals surface area (Å²) in [5, 5.41) is 5.75. The molecule has 1 aromatic carbocycles. The number of nitrogens with zero attached hydrogens (tertiary/aromatic N) is 1. The van der Waals surface area contributed by atoms with E-state index in [9.17, 15) is 14.0 Å². The number of aromatic nitrogens is 2. The molecule has 0 atom stereocenters. The van der Waals surface area contributed by atoms with Crippen LogP contribution in [0.1, 0.15) is 5.56 Å². The second kappa shape index (κ2) is 7.64. The van der Waals surface area contributed by atoms with Crippen molar-refractivity contribution < 1.29 is 18.7 Å². The molecular weight excluding hydrogens is 339 g/mol. The van der Waals surface area contributed by atoms with Crippen LogP contribution in [0.4, 0.5) is 10.1 Å². The SMILES string of the molecule is COc1ccc(NC(=O)C(=O)NCCc2c[nH]c3ccc(F)cc23)cn1. The maximum atomic E-state index is 13.4. The Morgan fingerprint density at radius 2 is 2.08 bits per heavy atom. The molecule has 0 aliphatic rings. The summed E-state index contributed by atoms with van der Waals surface area (Å²) in [6, 6.07) is 7.62. The first-order chi connectivity index (χ1) is 12.6. The first-order valence-corrected chi connectivity index (χ1v) is 7.91. The van der Waals surface area contributed by atoms with Crippen LogP contribution in [0.25, 0.3) is 10.9 Å². The maximum Gasteiger partial charge on any atom is 0.313 e. The highest BCUT2D eigenvalue weighted by atomic mass is 19.1. The van der Waals surface area contributed by atoms with Gasteiger partial charge in [-0.15, -0.1) is 0 Å². The molecule has 0 fully saturated rings. The third-order valence-corrected chi connectivity index (χ3v) is 3.82. The van der Waals surface area contributed by atoms with Crippen LogP contribution in [0, 0.1) is 5.82 Å². The number of H-pyrrole nitrogens is 1. The number of carbonyl (C=O) groups is 2. The van der Waals surface area contributed by atoms with Gasteiger partial charge in [-0.2, -0.15) is 0 Å². The summed E-state index contributed by atoms with van der Waals surface area (Å²) in [5.41, 5.74) is 2.06. The molecule has 26 heavy (non-hydrogen) atoms. The van der Waals surface area contributed by atoms with Gasteiger partial charge >= 0.3 is 11.8 Å². The predicted molar refractivity (Wildman–Crippen MR) is 94.4 cm³/mol. The monoisotopic (exact) mass is 356 g/mol. The van der Waals surface area contributed by atoms with E-state index in [-0.39, 0.29) is 12.4 Å². The third-order valence-electron chi connectivity index (χ3n) is 3.82. The zero-order valence-electron chi connectivity index (χ0n) is 14.0. The summed E-state index contributed by atoms with van der Waals surface area (Å²) in [7, 11) is 1.48. The lowest BCUT2D eigenvalue weighted by Crippen LogP contribution is -2.36. The highest BCUT2D eigenvalue weighted by Crippen LogP contribution is 2.19. The van der Waals surface area contributed by atoms with Crippen molar-refractivity contribution in [2.75, 3.05) is 19.0 Å². The molecule has 0 aliphatic carbocycles. The number of pyridine rings is 1. The Bertz CT molecular complexity index is 937. The molecule has 3 rings (SSSR count). The van der Waals surface area contributed by atoms with Crippen LogP contribution >= 0.6 is 0 Å². The molecule has 0 radical (unpaired) electrons. The van der Waals surface area contributed by atoms with Crippen LogP contribution in [0.5, 0.6) is 5.88 Å². The van der Waals surface area contributed by atoms with Crippen molar-refractivity contribution in [3.8, 4) is 5.88 Å². The number of hydrogen-bond donors (Lipinski definition) is 3. The van der Waals surface area contributed by atoms with Gasteiger partial charge in [0.05, 0.1) is 19.0 Å². The highest BCUT2D eigenvalue weighted by molar-refractivity contribution is 6.39. The first kappa shape index (κ1) is 17.4. The largest absolute Gasteiger partial charge is 0.481 e. The molecule has 0 unspecified atom stereocenters. The summed E-state index contributed by atoms with van der Waals surface area (Å²) >= 11 is 0. The molecule has 3 N–H and O–H groups in total. The van der Waals surface area contributed by atoms with Gasteiger partial charge in [-0.25, -0.2) is 9.37 Å². The minimum absolute atomic E-state index is 0.247. The maximum absolute atomic E-state index is 13.4. The van der Waals surface area contributed by atoms with Gasteiger partial charge in [0.25, 0.3) is 0 Å². The summed E-state index contributed by atoms with van der Waals surface area (Å²) in [6.07, 6.45) is 3.62. The smallest absolute Gasteiger partial charge is 0.313 e. The molecule has 0 aliphatic heterocycles. The molecule has 0 spiro atoms. The fourth-order valence-electron chi connectivity index (χ4n) is 2.51. The number of methoxy groups -OCH3 is 1. The van der Waals surface area contributed by atoms with Gasteiger partial charge in [-0.05, 0) is 36.2 Å². The average Bonchev–Trinajstić information content (AvgIpc) is 3.04. The summed E-state index contributed by atoms with van der Waals surface area (Å²) in [5.74, 6) is -1.47. The quantitative estimate of drug-likeness (QED) is 0.609. The van der Waals surface area contributed by atoms with E-state index in [2.05, 4.69) is 20.6 Å². The van der Waals surface area contributed by atoms with E-state index < -0.39 is 11.8 Å². The molecule has 0 saturated heterocycles. The van der Waals surface area contributed by atoms with E-state index in [1.807, 2.05) is 0 Å². The van der Waals surface area contributed by atoms with Crippen LogP contribution in [0.3, 0.4) is 0 Å². The normalized spacial score (nSPS) is 10.5. The lowest BCUT2D eigenvalue weighted by Gasteiger charge is -2.06. The van der Waals surface area contributed by atoms with Gasteiger partial charge in [0.1, 0.15) is 5.82 Å². The van der Waals surface area contributed by atoms with Crippen LogP contribution < -0.4 is 15.4 Å². The number of amides is 2. The van der Waals surface area contributed by atoms with Crippen molar-refractivity contribution in [1.29, 1.82) is 0 Å². The number of carbonyl (C=O) groups excluding carboxylic acids is 2. The number of halogens is 1. The van der Waals surface area contributed by atoms with Gasteiger partial charge in [-0.1, -0.05) is 0 Å². The minimum atomic E-state index is -0.790. The number of benzene rings is 1. The number of nitrogens with one attached hydrogen (secondary N) is 3. The standard InChI is InChI=1S/C18H17FN4O3/c1-26-16-5-3-13(10-22-16)23-18(25)17(24)20-7-6-11-9-21-15-4-2-12(19)8-14(11)15/h2-5,8-10,21H,6-7H2,1H3,(H,20,24)(H,23,25). The van der Waals surface area contributed by atoms with Gasteiger partial charge in [0.15, 0.2) is 0 Å². The van der Waals surface area contributed by atoms with E-state index in [0.29, 0.717) is 18.0 Å². The Balaban J connectivity index is 1.52. The number of ether oxygens (including phenoxy) is 1. The minimum Gasteiger partial charge on any atom is -0.481 e. The topological polar surface area (TPSA) is 96.1 Å². The number of anilines is 1. The molecule has 0 bridgehead atoms. The lowest BCUT2D eigenvalue weighted by atomic mass is 10.1. The van der Waals surface area contributed by atoms with Crippen molar-refractivity contribution in [1.82, 2.24) is 15.3 Å². The first-order valence-electron chi connectivity index (χ1n) is 7.91. The molecule has 0 saturated carbocycles. The molecular formula is C18H17FN4O3. The molecule has 134 valence electrons. The van der Waals surface area contributed by atoms with Crippen molar-refractivity contribution in [2.45, 2.75) is 6.42 Å². The second-order valence-corrected chi connectivity index (χ2v) is 5.55. The Morgan fingerprint density at radius 1 is 1.23 bits per heavy atom. The van der Waals surface area contributed by atoms with Gasteiger partial charge in [0, 0.05) is 29.7 Å². The van der Waals surface area contributed by atoms with E-state index >= 15 is 0 Å². The Labute approximate surface area is 148 Å². The van der Waals surface area contributed by atoms with E-state index in [0.717, 1.165) is 16.5 Å². The molecule has 7 nitrogen and oxygen atoms in total. The Kier molecular flexibility index (Phi) is 5.12. The second-order valence-electron chi connectivity index (χ2n) is 5.55. The number of fused-ring (bicyclic) bond motifs is 1. The van der Waals surface area contributed by atoms with Crippen LogP contribution in [-0.4, -0.2) is 35.4 Å². The van der Waals surface area contributed by atoms with Crippen molar-refractivity contribution in [2.24, 2.45) is 0 Å². The summed E-state index contributed by atoms with van der Waals surface area (Å²) in [6.45, 7) is 0.247. The molecule has 2 heterocycles. The molecule has 3 aromatic rings.